The van der Waals surface area contributed by atoms with Crippen molar-refractivity contribution in [3.8, 4) is 0 Å². The summed E-state index contributed by atoms with van der Waals surface area (Å²) in [7, 11) is 1.68. The average Bonchev–Trinajstić information content (AvgIpc) is 2.50. The number of amides is 1. The number of alkyl halides is 1. The fourth-order valence-corrected chi connectivity index (χ4v) is 2.03. The van der Waals surface area contributed by atoms with Crippen LogP contribution in [-0.4, -0.2) is 41.0 Å². The molecule has 0 aliphatic heterocycles. The summed E-state index contributed by atoms with van der Waals surface area (Å²) in [5.74, 6) is -0.131. The van der Waals surface area contributed by atoms with Gasteiger partial charge in [0.15, 0.2) is 0 Å². The number of likely N-dealkylation sites (N-methyl/N-ethyl adjacent to an activating group) is 1. The van der Waals surface area contributed by atoms with Crippen molar-refractivity contribution < 1.29 is 9.90 Å². The van der Waals surface area contributed by atoms with Gasteiger partial charge >= 0.3 is 0 Å². The summed E-state index contributed by atoms with van der Waals surface area (Å²) in [4.78, 5) is 12.6. The van der Waals surface area contributed by atoms with Gasteiger partial charge < -0.3 is 10.0 Å². The normalized spacial score (nSPS) is 20.2. The van der Waals surface area contributed by atoms with E-state index in [0.717, 1.165) is 25.7 Å². The highest BCUT2D eigenvalue weighted by molar-refractivity contribution is 6.27. The first kappa shape index (κ1) is 10.8. The monoisotopic (exact) mass is 205 g/mol. The zero-order chi connectivity index (χ0) is 9.90. The lowest BCUT2D eigenvalue weighted by Gasteiger charge is -2.28. The van der Waals surface area contributed by atoms with Gasteiger partial charge in [-0.1, -0.05) is 12.8 Å². The van der Waals surface area contributed by atoms with Crippen LogP contribution >= 0.6 is 11.6 Å². The van der Waals surface area contributed by atoms with E-state index in [4.69, 9.17) is 11.6 Å². The molecule has 0 aromatic heterocycles. The number of aliphatic hydroxyl groups is 1. The maximum atomic E-state index is 11.1. The van der Waals surface area contributed by atoms with Gasteiger partial charge in [-0.25, -0.2) is 0 Å². The van der Waals surface area contributed by atoms with Gasteiger partial charge in [-0.05, 0) is 12.8 Å². The fraction of sp³-hybridized carbons (Fsp3) is 0.889. The van der Waals surface area contributed by atoms with E-state index < -0.39 is 5.60 Å². The Morgan fingerprint density at radius 2 is 2.08 bits per heavy atom. The summed E-state index contributed by atoms with van der Waals surface area (Å²) < 4.78 is 0. The van der Waals surface area contributed by atoms with Gasteiger partial charge in [0.25, 0.3) is 0 Å². The summed E-state index contributed by atoms with van der Waals surface area (Å²) >= 11 is 5.40. The molecule has 76 valence electrons. The largest absolute Gasteiger partial charge is 0.388 e. The number of hydrogen-bond donors (Lipinski definition) is 1. The van der Waals surface area contributed by atoms with E-state index in [9.17, 15) is 9.90 Å². The number of carbonyl (C=O) groups excluding carboxylic acids is 1. The molecule has 4 heteroatoms. The van der Waals surface area contributed by atoms with Crippen molar-refractivity contribution in [1.82, 2.24) is 4.90 Å². The van der Waals surface area contributed by atoms with Gasteiger partial charge in [0, 0.05) is 13.6 Å². The van der Waals surface area contributed by atoms with Crippen LogP contribution in [0.1, 0.15) is 25.7 Å². The second kappa shape index (κ2) is 4.29. The Balaban J connectivity index is 2.42. The van der Waals surface area contributed by atoms with Gasteiger partial charge in [-0.15, -0.1) is 11.6 Å². The maximum Gasteiger partial charge on any atom is 0.237 e. The quantitative estimate of drug-likeness (QED) is 0.699. The van der Waals surface area contributed by atoms with E-state index in [1.807, 2.05) is 0 Å². The molecule has 0 saturated heterocycles. The van der Waals surface area contributed by atoms with Crippen LogP contribution < -0.4 is 0 Å². The van der Waals surface area contributed by atoms with Crippen LogP contribution in [0.4, 0.5) is 0 Å². The summed E-state index contributed by atoms with van der Waals surface area (Å²) in [6.07, 6.45) is 3.71. The molecule has 0 unspecified atom stereocenters. The smallest absolute Gasteiger partial charge is 0.237 e. The third-order valence-electron chi connectivity index (χ3n) is 2.61. The van der Waals surface area contributed by atoms with Gasteiger partial charge in [0.2, 0.25) is 5.91 Å². The number of carbonyl (C=O) groups is 1. The summed E-state index contributed by atoms with van der Waals surface area (Å²) in [6, 6.07) is 0. The summed E-state index contributed by atoms with van der Waals surface area (Å²) in [5.41, 5.74) is -0.656. The fourth-order valence-electron chi connectivity index (χ4n) is 1.82. The van der Waals surface area contributed by atoms with Crippen LogP contribution in [0.2, 0.25) is 0 Å². The van der Waals surface area contributed by atoms with E-state index >= 15 is 0 Å². The van der Waals surface area contributed by atoms with Crippen molar-refractivity contribution >= 4 is 17.5 Å². The molecule has 1 fully saturated rings. The predicted octanol–water partition coefficient (Wildman–Crippen LogP) is 0.989. The number of halogens is 1. The summed E-state index contributed by atoms with van der Waals surface area (Å²) in [5, 5.41) is 9.97. The van der Waals surface area contributed by atoms with Gasteiger partial charge in [0.05, 0.1) is 5.60 Å². The Morgan fingerprint density at radius 3 is 2.54 bits per heavy atom. The Morgan fingerprint density at radius 1 is 1.54 bits per heavy atom. The van der Waals surface area contributed by atoms with Crippen molar-refractivity contribution in [1.29, 1.82) is 0 Å². The van der Waals surface area contributed by atoms with Crippen molar-refractivity contribution in [2.45, 2.75) is 31.3 Å². The Hall–Kier alpha value is -0.280. The molecule has 3 nitrogen and oxygen atoms in total. The molecular formula is C9H16ClNO2. The Kier molecular flexibility index (Phi) is 3.56. The van der Waals surface area contributed by atoms with Gasteiger partial charge in [-0.2, -0.15) is 0 Å². The topological polar surface area (TPSA) is 40.5 Å². The van der Waals surface area contributed by atoms with Crippen LogP contribution in [0, 0.1) is 0 Å². The highest BCUT2D eigenvalue weighted by atomic mass is 35.5. The zero-order valence-corrected chi connectivity index (χ0v) is 8.68. The van der Waals surface area contributed by atoms with Crippen molar-refractivity contribution in [2.24, 2.45) is 0 Å². The molecule has 0 aromatic rings. The Bertz CT molecular complexity index is 190. The molecule has 0 heterocycles. The first-order valence-corrected chi connectivity index (χ1v) is 5.13. The molecule has 1 amide bonds. The lowest BCUT2D eigenvalue weighted by molar-refractivity contribution is -0.130. The third kappa shape index (κ3) is 2.85. The Labute approximate surface area is 83.7 Å². The van der Waals surface area contributed by atoms with Crippen molar-refractivity contribution in [3.63, 3.8) is 0 Å². The second-order valence-electron chi connectivity index (χ2n) is 3.81. The minimum atomic E-state index is -0.656. The first-order chi connectivity index (χ1) is 6.07. The third-order valence-corrected chi connectivity index (χ3v) is 2.83. The first-order valence-electron chi connectivity index (χ1n) is 4.60. The van der Waals surface area contributed by atoms with Crippen LogP contribution in [-0.2, 0) is 4.79 Å². The maximum absolute atomic E-state index is 11.1. The minimum absolute atomic E-state index is 0.00736. The van der Waals surface area contributed by atoms with Crippen LogP contribution in [0.25, 0.3) is 0 Å². The molecule has 0 aromatic carbocycles. The lowest BCUT2D eigenvalue weighted by Crippen LogP contribution is -2.42. The van der Waals surface area contributed by atoms with E-state index in [0.29, 0.717) is 6.54 Å². The molecule has 0 radical (unpaired) electrons. The molecule has 1 rings (SSSR count). The van der Waals surface area contributed by atoms with Crippen LogP contribution in [0.5, 0.6) is 0 Å². The SMILES string of the molecule is CN(CC1(O)CCCC1)C(=O)CCl. The molecular weight excluding hydrogens is 190 g/mol. The van der Waals surface area contributed by atoms with Gasteiger partial charge in [0.1, 0.15) is 5.88 Å². The number of nitrogens with zero attached hydrogens (tertiary/aromatic N) is 1. The molecule has 1 N–H and O–H groups in total. The lowest BCUT2D eigenvalue weighted by atomic mass is 10.0. The molecule has 0 bridgehead atoms. The standard InChI is InChI=1S/C9H16ClNO2/c1-11(8(12)6-10)7-9(13)4-2-3-5-9/h13H,2-7H2,1H3. The molecule has 0 spiro atoms. The summed E-state index contributed by atoms with van der Waals surface area (Å²) in [6.45, 7) is 0.415. The highest BCUT2D eigenvalue weighted by Gasteiger charge is 2.33. The van der Waals surface area contributed by atoms with Crippen LogP contribution in [0.3, 0.4) is 0 Å². The molecule has 1 saturated carbocycles. The predicted molar refractivity (Wildman–Crippen MR) is 51.8 cm³/mol. The van der Waals surface area contributed by atoms with Crippen LogP contribution in [0.15, 0.2) is 0 Å². The number of rotatable bonds is 3. The minimum Gasteiger partial charge on any atom is -0.388 e. The van der Waals surface area contributed by atoms with E-state index in [2.05, 4.69) is 0 Å². The van der Waals surface area contributed by atoms with E-state index in [1.165, 1.54) is 4.90 Å². The van der Waals surface area contributed by atoms with E-state index in [1.54, 1.807) is 7.05 Å². The number of hydrogen-bond acceptors (Lipinski definition) is 2. The average molecular weight is 206 g/mol. The highest BCUT2D eigenvalue weighted by Crippen LogP contribution is 2.29. The molecule has 1 aliphatic rings. The van der Waals surface area contributed by atoms with Crippen molar-refractivity contribution in [3.05, 3.63) is 0 Å². The molecule has 1 aliphatic carbocycles. The van der Waals surface area contributed by atoms with Crippen molar-refractivity contribution in [2.75, 3.05) is 19.5 Å². The second-order valence-corrected chi connectivity index (χ2v) is 4.08. The molecule has 13 heavy (non-hydrogen) atoms. The van der Waals surface area contributed by atoms with Gasteiger partial charge in [-0.3, -0.25) is 4.79 Å². The molecule has 0 atom stereocenters. The van der Waals surface area contributed by atoms with E-state index in [-0.39, 0.29) is 11.8 Å². The zero-order valence-electron chi connectivity index (χ0n) is 7.92.